The lowest BCUT2D eigenvalue weighted by Crippen LogP contribution is -2.48. The van der Waals surface area contributed by atoms with Crippen LogP contribution in [0.15, 0.2) is 12.1 Å². The van der Waals surface area contributed by atoms with Gasteiger partial charge in [-0.15, -0.1) is 0 Å². The first kappa shape index (κ1) is 10.8. The molecule has 0 radical (unpaired) electrons. The van der Waals surface area contributed by atoms with Crippen LogP contribution in [0, 0.1) is 11.6 Å². The number of hydrogen-bond acceptors (Lipinski definition) is 3. The van der Waals surface area contributed by atoms with E-state index in [-0.39, 0.29) is 18.6 Å². The van der Waals surface area contributed by atoms with E-state index < -0.39 is 28.9 Å². The summed E-state index contributed by atoms with van der Waals surface area (Å²) in [7, 11) is 0. The van der Waals surface area contributed by atoms with Crippen molar-refractivity contribution in [3.8, 4) is 5.75 Å². The van der Waals surface area contributed by atoms with Crippen LogP contribution in [0.3, 0.4) is 0 Å². The standard InChI is InChI=1S/C10H9F2NO3/c11-6-2-1-5-8(7(6)12)16-4-3-10(5,13)9(14)15/h1-2H,3-4,13H2,(H,14,15). The van der Waals surface area contributed by atoms with Crippen LogP contribution >= 0.6 is 0 Å². The lowest BCUT2D eigenvalue weighted by Gasteiger charge is -2.31. The monoisotopic (exact) mass is 229 g/mol. The van der Waals surface area contributed by atoms with Crippen molar-refractivity contribution in [2.45, 2.75) is 12.0 Å². The van der Waals surface area contributed by atoms with Gasteiger partial charge >= 0.3 is 5.97 Å². The molecule has 1 aromatic rings. The van der Waals surface area contributed by atoms with Crippen LogP contribution < -0.4 is 10.5 Å². The van der Waals surface area contributed by atoms with E-state index >= 15 is 0 Å². The van der Waals surface area contributed by atoms with Gasteiger partial charge in [0.1, 0.15) is 5.54 Å². The summed E-state index contributed by atoms with van der Waals surface area (Å²) in [5, 5.41) is 9.01. The molecule has 1 aromatic carbocycles. The fraction of sp³-hybridized carbons (Fsp3) is 0.300. The molecule has 0 saturated heterocycles. The Morgan fingerprint density at radius 1 is 1.50 bits per heavy atom. The molecular weight excluding hydrogens is 220 g/mol. The first-order chi connectivity index (χ1) is 7.47. The van der Waals surface area contributed by atoms with Crippen molar-refractivity contribution in [1.82, 2.24) is 0 Å². The third-order valence-corrected chi connectivity index (χ3v) is 2.66. The number of rotatable bonds is 1. The average molecular weight is 229 g/mol. The predicted molar refractivity (Wildman–Crippen MR) is 50.0 cm³/mol. The maximum absolute atomic E-state index is 13.3. The van der Waals surface area contributed by atoms with E-state index in [4.69, 9.17) is 15.6 Å². The van der Waals surface area contributed by atoms with Gasteiger partial charge in [0, 0.05) is 12.0 Å². The molecule has 86 valence electrons. The third kappa shape index (κ3) is 1.34. The largest absolute Gasteiger partial charge is 0.490 e. The lowest BCUT2D eigenvalue weighted by molar-refractivity contribution is -0.145. The van der Waals surface area contributed by atoms with Crippen molar-refractivity contribution >= 4 is 5.97 Å². The minimum Gasteiger partial charge on any atom is -0.490 e. The predicted octanol–water partition coefficient (Wildman–Crippen LogP) is 0.986. The second-order valence-electron chi connectivity index (χ2n) is 3.61. The van der Waals surface area contributed by atoms with Gasteiger partial charge in [-0.1, -0.05) is 0 Å². The molecule has 0 aromatic heterocycles. The molecule has 1 heterocycles. The fourth-order valence-electron chi connectivity index (χ4n) is 1.70. The SMILES string of the molecule is NC1(C(=O)O)CCOc2c1ccc(F)c2F. The Morgan fingerprint density at radius 3 is 2.81 bits per heavy atom. The second-order valence-corrected chi connectivity index (χ2v) is 3.61. The van der Waals surface area contributed by atoms with Crippen LogP contribution in [0.5, 0.6) is 5.75 Å². The van der Waals surface area contributed by atoms with Gasteiger partial charge in [-0.2, -0.15) is 4.39 Å². The van der Waals surface area contributed by atoms with Crippen molar-refractivity contribution in [3.05, 3.63) is 29.3 Å². The topological polar surface area (TPSA) is 72.6 Å². The van der Waals surface area contributed by atoms with Crippen molar-refractivity contribution in [2.75, 3.05) is 6.61 Å². The zero-order valence-corrected chi connectivity index (χ0v) is 8.17. The second kappa shape index (κ2) is 3.41. The number of fused-ring (bicyclic) bond motifs is 1. The zero-order valence-electron chi connectivity index (χ0n) is 8.17. The maximum atomic E-state index is 13.3. The summed E-state index contributed by atoms with van der Waals surface area (Å²) in [6.07, 6.45) is 0.0143. The van der Waals surface area contributed by atoms with Crippen LogP contribution in [-0.2, 0) is 10.3 Å². The van der Waals surface area contributed by atoms with Crippen LogP contribution in [0.4, 0.5) is 8.78 Å². The summed E-state index contributed by atoms with van der Waals surface area (Å²) in [6.45, 7) is -0.0594. The number of aliphatic carboxylic acids is 1. The van der Waals surface area contributed by atoms with Crippen LogP contribution in [0.25, 0.3) is 0 Å². The highest BCUT2D eigenvalue weighted by Gasteiger charge is 2.42. The highest BCUT2D eigenvalue weighted by molar-refractivity contribution is 5.82. The van der Waals surface area contributed by atoms with E-state index in [1.165, 1.54) is 0 Å². The van der Waals surface area contributed by atoms with Crippen LogP contribution in [0.2, 0.25) is 0 Å². The highest BCUT2D eigenvalue weighted by Crippen LogP contribution is 2.37. The van der Waals surface area contributed by atoms with Gasteiger partial charge in [-0.05, 0) is 12.1 Å². The Labute approximate surface area is 89.6 Å². The van der Waals surface area contributed by atoms with E-state index in [2.05, 4.69) is 0 Å². The van der Waals surface area contributed by atoms with Gasteiger partial charge in [0.2, 0.25) is 5.82 Å². The van der Waals surface area contributed by atoms with Crippen LogP contribution in [0.1, 0.15) is 12.0 Å². The molecule has 0 saturated carbocycles. The molecule has 0 spiro atoms. The van der Waals surface area contributed by atoms with E-state index in [0.717, 1.165) is 12.1 Å². The minimum absolute atomic E-state index is 0.0143. The minimum atomic E-state index is -1.72. The Hall–Kier alpha value is -1.69. The van der Waals surface area contributed by atoms with Crippen LogP contribution in [-0.4, -0.2) is 17.7 Å². The first-order valence-corrected chi connectivity index (χ1v) is 4.60. The van der Waals surface area contributed by atoms with Gasteiger partial charge < -0.3 is 15.6 Å². The van der Waals surface area contributed by atoms with Gasteiger partial charge in [0.25, 0.3) is 0 Å². The summed E-state index contributed by atoms with van der Waals surface area (Å²) >= 11 is 0. The summed E-state index contributed by atoms with van der Waals surface area (Å²) in [5.41, 5.74) is 3.91. The Balaban J connectivity index is 2.65. The number of carbonyl (C=O) groups is 1. The highest BCUT2D eigenvalue weighted by atomic mass is 19.2. The molecule has 4 nitrogen and oxygen atoms in total. The summed E-state index contributed by atoms with van der Waals surface area (Å²) in [6, 6.07) is 1.98. The first-order valence-electron chi connectivity index (χ1n) is 4.60. The summed E-state index contributed by atoms with van der Waals surface area (Å²) in [4.78, 5) is 11.0. The third-order valence-electron chi connectivity index (χ3n) is 2.66. The van der Waals surface area contributed by atoms with Crippen molar-refractivity contribution in [2.24, 2.45) is 5.73 Å². The van der Waals surface area contributed by atoms with Gasteiger partial charge in [-0.25, -0.2) is 9.18 Å². The molecular formula is C10H9F2NO3. The van der Waals surface area contributed by atoms with Crippen molar-refractivity contribution < 1.29 is 23.4 Å². The number of ether oxygens (including phenoxy) is 1. The average Bonchev–Trinajstić information content (AvgIpc) is 2.24. The van der Waals surface area contributed by atoms with E-state index in [1.54, 1.807) is 0 Å². The quantitative estimate of drug-likeness (QED) is 0.753. The van der Waals surface area contributed by atoms with Crippen molar-refractivity contribution in [1.29, 1.82) is 0 Å². The normalized spacial score (nSPS) is 23.4. The van der Waals surface area contributed by atoms with Gasteiger partial charge in [-0.3, -0.25) is 0 Å². The summed E-state index contributed by atoms with van der Waals surface area (Å²) < 4.78 is 31.2. The van der Waals surface area contributed by atoms with E-state index in [0.29, 0.717) is 0 Å². The molecule has 3 N–H and O–H groups in total. The molecule has 0 amide bonds. The number of halogens is 2. The Morgan fingerprint density at radius 2 is 2.19 bits per heavy atom. The van der Waals surface area contributed by atoms with Gasteiger partial charge in [0.05, 0.1) is 6.61 Å². The molecule has 1 aliphatic rings. The molecule has 1 aliphatic heterocycles. The van der Waals surface area contributed by atoms with Gasteiger partial charge in [0.15, 0.2) is 11.6 Å². The van der Waals surface area contributed by atoms with Crippen molar-refractivity contribution in [3.63, 3.8) is 0 Å². The molecule has 2 rings (SSSR count). The number of carboxylic acid groups (broad SMARTS) is 1. The van der Waals surface area contributed by atoms with E-state index in [9.17, 15) is 13.6 Å². The molecule has 0 fully saturated rings. The number of hydrogen-bond donors (Lipinski definition) is 2. The molecule has 1 atom stereocenters. The number of carboxylic acids is 1. The smallest absolute Gasteiger partial charge is 0.328 e. The molecule has 6 heteroatoms. The Kier molecular flexibility index (Phi) is 2.31. The number of benzene rings is 1. The fourth-order valence-corrected chi connectivity index (χ4v) is 1.70. The molecule has 0 aliphatic carbocycles. The number of nitrogens with two attached hydrogens (primary N) is 1. The lowest BCUT2D eigenvalue weighted by atomic mass is 9.85. The summed E-state index contributed by atoms with van der Waals surface area (Å²) in [5.74, 6) is -3.99. The molecule has 16 heavy (non-hydrogen) atoms. The Bertz CT molecular complexity index is 464. The molecule has 0 bridgehead atoms. The van der Waals surface area contributed by atoms with E-state index in [1.807, 2.05) is 0 Å². The zero-order chi connectivity index (χ0) is 11.9. The maximum Gasteiger partial charge on any atom is 0.328 e. The molecule has 1 unspecified atom stereocenters.